The molecule has 0 spiro atoms. The Morgan fingerprint density at radius 1 is 1.73 bits per heavy atom. The van der Waals surface area contributed by atoms with Gasteiger partial charge < -0.3 is 0 Å². The molecule has 0 radical (unpaired) electrons. The number of nitrogens with zero attached hydrogens (tertiary/aromatic N) is 2. The molecule has 3 nitrogen and oxygen atoms in total. The molecule has 0 fully saturated rings. The van der Waals surface area contributed by atoms with Gasteiger partial charge in [-0.3, -0.25) is 5.10 Å². The van der Waals surface area contributed by atoms with Crippen molar-refractivity contribution in [3.8, 4) is 6.07 Å². The first-order chi connectivity index (χ1) is 5.22. The smallest absolute Gasteiger partial charge is 0.162 e. The molecule has 11 heavy (non-hydrogen) atoms. The average molecular weight is 149 g/mol. The molecule has 0 aliphatic carbocycles. The molecule has 0 atom stereocenters. The highest BCUT2D eigenvalue weighted by Gasteiger charge is 2.01. The molecule has 1 rings (SSSR count). The predicted octanol–water partition coefficient (Wildman–Crippen LogP) is 1.48. The van der Waals surface area contributed by atoms with Crippen LogP contribution in [0.25, 0.3) is 0 Å². The highest BCUT2D eigenvalue weighted by atomic mass is 15.1. The number of H-pyrrole nitrogens is 1. The molecule has 0 aliphatic rings. The number of aromatic nitrogens is 2. The normalized spacial score (nSPS) is 10.0. The number of nitrogens with one attached hydrogen (secondary N) is 1. The van der Waals surface area contributed by atoms with E-state index in [1.54, 1.807) is 6.07 Å². The summed E-state index contributed by atoms with van der Waals surface area (Å²) in [4.78, 5) is 0. The van der Waals surface area contributed by atoms with E-state index in [-0.39, 0.29) is 0 Å². The van der Waals surface area contributed by atoms with Crippen molar-refractivity contribution in [2.24, 2.45) is 5.92 Å². The summed E-state index contributed by atoms with van der Waals surface area (Å²) in [6, 6.07) is 3.77. The number of aromatic amines is 1. The fraction of sp³-hybridized carbons (Fsp3) is 0.500. The minimum Gasteiger partial charge on any atom is -0.281 e. The van der Waals surface area contributed by atoms with Crippen molar-refractivity contribution < 1.29 is 0 Å². The summed E-state index contributed by atoms with van der Waals surface area (Å²) < 4.78 is 0. The Hall–Kier alpha value is -1.30. The van der Waals surface area contributed by atoms with E-state index in [1.807, 2.05) is 6.07 Å². The first-order valence-corrected chi connectivity index (χ1v) is 3.66. The van der Waals surface area contributed by atoms with E-state index in [9.17, 15) is 0 Å². The Morgan fingerprint density at radius 3 is 2.91 bits per heavy atom. The molecule has 0 aromatic carbocycles. The zero-order valence-corrected chi connectivity index (χ0v) is 6.76. The topological polar surface area (TPSA) is 52.5 Å². The van der Waals surface area contributed by atoms with Crippen LogP contribution in [0.3, 0.4) is 0 Å². The van der Waals surface area contributed by atoms with Crippen LogP contribution in [0.5, 0.6) is 0 Å². The predicted molar refractivity (Wildman–Crippen MR) is 41.8 cm³/mol. The summed E-state index contributed by atoms with van der Waals surface area (Å²) >= 11 is 0. The lowest BCUT2D eigenvalue weighted by atomic mass is 10.1. The van der Waals surface area contributed by atoms with Gasteiger partial charge in [0, 0.05) is 5.69 Å². The van der Waals surface area contributed by atoms with Gasteiger partial charge in [0.05, 0.1) is 0 Å². The molecule has 0 bridgehead atoms. The van der Waals surface area contributed by atoms with Gasteiger partial charge in [-0.2, -0.15) is 10.4 Å². The second kappa shape index (κ2) is 3.20. The monoisotopic (exact) mass is 149 g/mol. The van der Waals surface area contributed by atoms with Gasteiger partial charge in [-0.15, -0.1) is 0 Å². The lowest BCUT2D eigenvalue weighted by molar-refractivity contribution is 0.633. The van der Waals surface area contributed by atoms with Crippen LogP contribution in [0.15, 0.2) is 6.07 Å². The molecular weight excluding hydrogens is 138 g/mol. The maximum atomic E-state index is 8.45. The Bertz CT molecular complexity index is 267. The van der Waals surface area contributed by atoms with E-state index >= 15 is 0 Å². The summed E-state index contributed by atoms with van der Waals surface area (Å²) in [5.74, 6) is 0.599. The minimum absolute atomic E-state index is 0.473. The third-order valence-electron chi connectivity index (χ3n) is 1.37. The fourth-order valence-electron chi connectivity index (χ4n) is 0.963. The SMILES string of the molecule is CC(C)Cc1cc(C#N)n[nH]1. The molecule has 58 valence electrons. The van der Waals surface area contributed by atoms with E-state index in [2.05, 4.69) is 24.0 Å². The van der Waals surface area contributed by atoms with Crippen LogP contribution in [-0.4, -0.2) is 10.2 Å². The van der Waals surface area contributed by atoms with Gasteiger partial charge in [0.2, 0.25) is 0 Å². The Labute approximate surface area is 66.0 Å². The molecule has 0 unspecified atom stereocenters. The minimum atomic E-state index is 0.473. The van der Waals surface area contributed by atoms with Gasteiger partial charge >= 0.3 is 0 Å². The molecule has 1 N–H and O–H groups in total. The lowest BCUT2D eigenvalue weighted by Crippen LogP contribution is -1.93. The average Bonchev–Trinajstić information content (AvgIpc) is 2.34. The third-order valence-corrected chi connectivity index (χ3v) is 1.37. The Kier molecular flexibility index (Phi) is 2.27. The van der Waals surface area contributed by atoms with Crippen LogP contribution in [0.2, 0.25) is 0 Å². The molecule has 0 saturated carbocycles. The molecule has 1 heterocycles. The second-order valence-corrected chi connectivity index (χ2v) is 2.99. The van der Waals surface area contributed by atoms with Crippen molar-refractivity contribution in [1.29, 1.82) is 5.26 Å². The van der Waals surface area contributed by atoms with Crippen LogP contribution in [0.4, 0.5) is 0 Å². The van der Waals surface area contributed by atoms with Gasteiger partial charge in [-0.05, 0) is 18.4 Å². The molecule has 0 aliphatic heterocycles. The van der Waals surface area contributed by atoms with Crippen molar-refractivity contribution in [3.05, 3.63) is 17.5 Å². The van der Waals surface area contributed by atoms with Gasteiger partial charge in [-0.1, -0.05) is 13.8 Å². The molecule has 1 aromatic heterocycles. The maximum absolute atomic E-state index is 8.45. The van der Waals surface area contributed by atoms with E-state index in [4.69, 9.17) is 5.26 Å². The molecule has 3 heteroatoms. The van der Waals surface area contributed by atoms with Crippen molar-refractivity contribution in [1.82, 2.24) is 10.2 Å². The van der Waals surface area contributed by atoms with Crippen molar-refractivity contribution in [3.63, 3.8) is 0 Å². The number of hydrogen-bond acceptors (Lipinski definition) is 2. The summed E-state index contributed by atoms with van der Waals surface area (Å²) in [6.45, 7) is 4.26. The van der Waals surface area contributed by atoms with Crippen LogP contribution < -0.4 is 0 Å². The van der Waals surface area contributed by atoms with Crippen LogP contribution in [0, 0.1) is 17.2 Å². The van der Waals surface area contributed by atoms with Crippen molar-refractivity contribution >= 4 is 0 Å². The van der Waals surface area contributed by atoms with E-state index in [0.29, 0.717) is 11.6 Å². The van der Waals surface area contributed by atoms with Gasteiger partial charge in [0.15, 0.2) is 5.69 Å². The zero-order valence-electron chi connectivity index (χ0n) is 6.76. The molecule has 0 amide bonds. The first kappa shape index (κ1) is 7.80. The highest BCUT2D eigenvalue weighted by molar-refractivity contribution is 5.21. The lowest BCUT2D eigenvalue weighted by Gasteiger charge is -1.98. The highest BCUT2D eigenvalue weighted by Crippen LogP contribution is 2.05. The quantitative estimate of drug-likeness (QED) is 0.692. The van der Waals surface area contributed by atoms with Gasteiger partial charge in [0.25, 0.3) is 0 Å². The Balaban J connectivity index is 2.67. The van der Waals surface area contributed by atoms with E-state index < -0.39 is 0 Å². The maximum Gasteiger partial charge on any atom is 0.162 e. The van der Waals surface area contributed by atoms with Gasteiger partial charge in [-0.25, -0.2) is 0 Å². The van der Waals surface area contributed by atoms with Gasteiger partial charge in [0.1, 0.15) is 6.07 Å². The van der Waals surface area contributed by atoms with Crippen LogP contribution >= 0.6 is 0 Å². The van der Waals surface area contributed by atoms with Crippen LogP contribution in [-0.2, 0) is 6.42 Å². The number of hydrogen-bond donors (Lipinski definition) is 1. The molecule has 0 saturated heterocycles. The Morgan fingerprint density at radius 2 is 2.45 bits per heavy atom. The van der Waals surface area contributed by atoms with E-state index in [1.165, 1.54) is 0 Å². The van der Waals surface area contributed by atoms with Crippen LogP contribution in [0.1, 0.15) is 25.2 Å². The summed E-state index contributed by atoms with van der Waals surface area (Å²) in [7, 11) is 0. The van der Waals surface area contributed by atoms with Crippen molar-refractivity contribution in [2.75, 3.05) is 0 Å². The standard InChI is InChI=1S/C8H11N3/c1-6(2)3-7-4-8(5-9)11-10-7/h4,6H,3H2,1-2H3,(H,10,11). The molecular formula is C8H11N3. The van der Waals surface area contributed by atoms with E-state index in [0.717, 1.165) is 12.1 Å². The summed E-state index contributed by atoms with van der Waals surface area (Å²) in [6.07, 6.45) is 0.953. The second-order valence-electron chi connectivity index (χ2n) is 2.99. The number of rotatable bonds is 2. The number of nitriles is 1. The largest absolute Gasteiger partial charge is 0.281 e. The first-order valence-electron chi connectivity index (χ1n) is 3.66. The molecule has 1 aromatic rings. The summed E-state index contributed by atoms with van der Waals surface area (Å²) in [5, 5.41) is 15.1. The van der Waals surface area contributed by atoms with Crippen molar-refractivity contribution in [2.45, 2.75) is 20.3 Å². The summed E-state index contributed by atoms with van der Waals surface area (Å²) in [5.41, 5.74) is 1.51. The fourth-order valence-corrected chi connectivity index (χ4v) is 0.963. The third kappa shape index (κ3) is 2.08. The zero-order chi connectivity index (χ0) is 8.27.